The fourth-order valence-electron chi connectivity index (χ4n) is 0.736. The van der Waals surface area contributed by atoms with Crippen LogP contribution in [0.3, 0.4) is 0 Å². The smallest absolute Gasteiger partial charge is 0.126 e. The first-order valence-corrected chi connectivity index (χ1v) is 2.79. The van der Waals surface area contributed by atoms with E-state index in [-0.39, 0.29) is 0 Å². The molecule has 1 radical (unpaired) electrons. The summed E-state index contributed by atoms with van der Waals surface area (Å²) in [6, 6.07) is 1.85. The first-order valence-electron chi connectivity index (χ1n) is 2.79. The molecule has 0 aliphatic rings. The van der Waals surface area contributed by atoms with Gasteiger partial charge in [-0.15, -0.1) is 0 Å². The highest BCUT2D eigenvalue weighted by molar-refractivity contribution is 5.34. The number of hydrogen-bond acceptors (Lipinski definition) is 2. The second-order valence-corrected chi connectivity index (χ2v) is 2.15. The van der Waals surface area contributed by atoms with Crippen molar-refractivity contribution in [3.05, 3.63) is 12.3 Å². The van der Waals surface area contributed by atoms with Gasteiger partial charge in [-0.05, 0) is 0 Å². The average Bonchev–Trinajstić information content (AvgIpc) is 2.13. The normalized spacial score (nSPS) is 9.67. The highest BCUT2D eigenvalue weighted by Crippen LogP contribution is 2.05. The molecule has 9 heavy (non-hydrogen) atoms. The maximum atomic E-state index is 3.89. The Morgan fingerprint density at radius 1 is 1.67 bits per heavy atom. The zero-order valence-corrected chi connectivity index (χ0v) is 5.92. The molecule has 0 unspecified atom stereocenters. The largest absolute Gasteiger partial charge is 0.363 e. The van der Waals surface area contributed by atoms with Crippen LogP contribution in [0.4, 0.5) is 5.82 Å². The maximum absolute atomic E-state index is 3.89. The van der Waals surface area contributed by atoms with E-state index in [1.807, 2.05) is 32.1 Å². The van der Waals surface area contributed by atoms with Gasteiger partial charge in [0.2, 0.25) is 0 Å². The molecule has 49 valence electrons. The van der Waals surface area contributed by atoms with E-state index in [0.29, 0.717) is 0 Å². The number of aromatic nitrogens is 2. The van der Waals surface area contributed by atoms with E-state index < -0.39 is 0 Å². The molecule has 0 N–H and O–H groups in total. The first kappa shape index (κ1) is 6.13. The van der Waals surface area contributed by atoms with E-state index in [1.54, 1.807) is 4.68 Å². The van der Waals surface area contributed by atoms with Crippen LogP contribution in [-0.4, -0.2) is 23.9 Å². The third kappa shape index (κ3) is 1.04. The molecule has 0 saturated heterocycles. The maximum Gasteiger partial charge on any atom is 0.126 e. The summed E-state index contributed by atoms with van der Waals surface area (Å²) in [6.45, 7) is 0. The van der Waals surface area contributed by atoms with E-state index in [4.69, 9.17) is 0 Å². The van der Waals surface area contributed by atoms with Crippen LogP contribution in [0.15, 0.2) is 6.07 Å². The second kappa shape index (κ2) is 2.09. The predicted octanol–water partition coefficient (Wildman–Crippen LogP) is 0.286. The molecule has 0 aromatic carbocycles. The standard InChI is InChI=1S/C6H10N3/c1-8(2)6-4-5-7-9(6)3/h4H,1-3H3. The summed E-state index contributed by atoms with van der Waals surface area (Å²) in [5.41, 5.74) is 0. The minimum atomic E-state index is 1.06. The van der Waals surface area contributed by atoms with Crippen molar-refractivity contribution >= 4 is 5.82 Å². The lowest BCUT2D eigenvalue weighted by atomic mass is 10.6. The van der Waals surface area contributed by atoms with E-state index in [1.165, 1.54) is 0 Å². The molecule has 0 spiro atoms. The van der Waals surface area contributed by atoms with Gasteiger partial charge in [-0.2, -0.15) is 5.10 Å². The van der Waals surface area contributed by atoms with Gasteiger partial charge < -0.3 is 4.90 Å². The van der Waals surface area contributed by atoms with Crippen molar-refractivity contribution in [3.63, 3.8) is 0 Å². The molecular weight excluding hydrogens is 114 g/mol. The van der Waals surface area contributed by atoms with E-state index >= 15 is 0 Å². The van der Waals surface area contributed by atoms with Gasteiger partial charge in [0, 0.05) is 27.2 Å². The Morgan fingerprint density at radius 3 is 2.56 bits per heavy atom. The Balaban J connectivity index is 2.94. The SMILES string of the molecule is CN(C)c1c[c]nn1C. The van der Waals surface area contributed by atoms with Crippen LogP contribution >= 0.6 is 0 Å². The molecule has 1 aromatic rings. The Kier molecular flexibility index (Phi) is 1.42. The molecule has 0 saturated carbocycles. The summed E-state index contributed by atoms with van der Waals surface area (Å²) < 4.78 is 1.78. The molecule has 0 atom stereocenters. The average molecular weight is 124 g/mol. The Labute approximate surface area is 54.9 Å². The molecule has 1 aromatic heterocycles. The molecule has 1 rings (SSSR count). The summed E-state index contributed by atoms with van der Waals surface area (Å²) >= 11 is 0. The quantitative estimate of drug-likeness (QED) is 0.536. The van der Waals surface area contributed by atoms with Crippen molar-refractivity contribution < 1.29 is 0 Å². The van der Waals surface area contributed by atoms with Crippen molar-refractivity contribution in [2.75, 3.05) is 19.0 Å². The van der Waals surface area contributed by atoms with Crippen LogP contribution in [0.2, 0.25) is 0 Å². The fraction of sp³-hybridized carbons (Fsp3) is 0.500. The summed E-state index contributed by atoms with van der Waals surface area (Å²) in [5, 5.41) is 3.89. The van der Waals surface area contributed by atoms with Crippen molar-refractivity contribution in [3.8, 4) is 0 Å². The zero-order chi connectivity index (χ0) is 6.85. The molecule has 3 nitrogen and oxygen atoms in total. The third-order valence-corrected chi connectivity index (χ3v) is 1.19. The Morgan fingerprint density at radius 2 is 2.33 bits per heavy atom. The van der Waals surface area contributed by atoms with Gasteiger partial charge in [0.1, 0.15) is 12.0 Å². The Bertz CT molecular complexity index is 190. The number of nitrogens with zero attached hydrogens (tertiary/aromatic N) is 3. The molecule has 0 bridgehead atoms. The van der Waals surface area contributed by atoms with Gasteiger partial charge in [-0.3, -0.25) is 4.68 Å². The zero-order valence-electron chi connectivity index (χ0n) is 5.92. The third-order valence-electron chi connectivity index (χ3n) is 1.19. The van der Waals surface area contributed by atoms with Gasteiger partial charge in [-0.1, -0.05) is 0 Å². The first-order chi connectivity index (χ1) is 4.22. The summed E-state index contributed by atoms with van der Waals surface area (Å²) in [5.74, 6) is 1.06. The molecular formula is C6H10N3. The second-order valence-electron chi connectivity index (χ2n) is 2.15. The predicted molar refractivity (Wildman–Crippen MR) is 36.4 cm³/mol. The van der Waals surface area contributed by atoms with Gasteiger partial charge in [-0.25, -0.2) is 0 Å². The number of rotatable bonds is 1. The van der Waals surface area contributed by atoms with E-state index in [0.717, 1.165) is 5.82 Å². The Hall–Kier alpha value is -0.990. The highest BCUT2D eigenvalue weighted by atomic mass is 15.3. The van der Waals surface area contributed by atoms with Crippen molar-refractivity contribution in [1.82, 2.24) is 9.78 Å². The lowest BCUT2D eigenvalue weighted by molar-refractivity contribution is 0.752. The molecule has 0 amide bonds. The van der Waals surface area contributed by atoms with Crippen LogP contribution in [0.5, 0.6) is 0 Å². The minimum Gasteiger partial charge on any atom is -0.363 e. The van der Waals surface area contributed by atoms with Crippen LogP contribution in [0.25, 0.3) is 0 Å². The number of anilines is 1. The molecule has 1 heterocycles. The van der Waals surface area contributed by atoms with Crippen molar-refractivity contribution in [2.24, 2.45) is 7.05 Å². The van der Waals surface area contributed by atoms with Gasteiger partial charge in [0.05, 0.1) is 0 Å². The van der Waals surface area contributed by atoms with Crippen LogP contribution < -0.4 is 4.90 Å². The summed E-state index contributed by atoms with van der Waals surface area (Å²) in [4.78, 5) is 1.99. The topological polar surface area (TPSA) is 21.1 Å². The van der Waals surface area contributed by atoms with Crippen molar-refractivity contribution in [2.45, 2.75) is 0 Å². The summed E-state index contributed by atoms with van der Waals surface area (Å²) in [7, 11) is 5.85. The highest BCUT2D eigenvalue weighted by Gasteiger charge is 1.97. The van der Waals surface area contributed by atoms with Gasteiger partial charge >= 0.3 is 0 Å². The molecule has 0 fully saturated rings. The monoisotopic (exact) mass is 124 g/mol. The number of aryl methyl sites for hydroxylation is 1. The number of hydrogen-bond donors (Lipinski definition) is 0. The lowest BCUT2D eigenvalue weighted by Gasteiger charge is -2.10. The van der Waals surface area contributed by atoms with Crippen LogP contribution in [0, 0.1) is 6.20 Å². The van der Waals surface area contributed by atoms with Crippen molar-refractivity contribution in [1.29, 1.82) is 0 Å². The minimum absolute atomic E-state index is 1.06. The van der Waals surface area contributed by atoms with Gasteiger partial charge in [0.15, 0.2) is 0 Å². The molecule has 0 aliphatic heterocycles. The fourth-order valence-corrected chi connectivity index (χ4v) is 0.736. The molecule has 3 heteroatoms. The van der Waals surface area contributed by atoms with Gasteiger partial charge in [0.25, 0.3) is 0 Å². The summed E-state index contributed by atoms with van der Waals surface area (Å²) in [6.07, 6.45) is 2.75. The van der Waals surface area contributed by atoms with E-state index in [2.05, 4.69) is 11.3 Å². The molecule has 0 aliphatic carbocycles. The van der Waals surface area contributed by atoms with Crippen LogP contribution in [-0.2, 0) is 7.05 Å². The van der Waals surface area contributed by atoms with Crippen LogP contribution in [0.1, 0.15) is 0 Å². The van der Waals surface area contributed by atoms with E-state index in [9.17, 15) is 0 Å². The lowest BCUT2D eigenvalue weighted by Crippen LogP contribution is -2.12.